The van der Waals surface area contributed by atoms with Gasteiger partial charge >= 0.3 is 0 Å². The van der Waals surface area contributed by atoms with E-state index in [1.807, 2.05) is 61.5 Å². The van der Waals surface area contributed by atoms with Gasteiger partial charge in [-0.25, -0.2) is 4.98 Å². The summed E-state index contributed by atoms with van der Waals surface area (Å²) in [6, 6.07) is 26.4. The molecule has 6 nitrogen and oxygen atoms in total. The number of nitrogens with one attached hydrogen (secondary N) is 1. The monoisotopic (exact) mass is 480 g/mol. The van der Waals surface area contributed by atoms with E-state index in [2.05, 4.69) is 29.6 Å². The number of fused-ring (bicyclic) bond motifs is 2. The summed E-state index contributed by atoms with van der Waals surface area (Å²) in [6.07, 6.45) is 1.24. The molecule has 35 heavy (non-hydrogen) atoms. The molecule has 0 fully saturated rings. The number of aryl methyl sites for hydroxylation is 1. The first-order valence-corrected chi connectivity index (χ1v) is 12.5. The van der Waals surface area contributed by atoms with E-state index in [1.54, 1.807) is 16.0 Å². The van der Waals surface area contributed by atoms with Crippen molar-refractivity contribution in [1.82, 2.24) is 14.8 Å². The molecule has 0 radical (unpaired) electrons. The van der Waals surface area contributed by atoms with Crippen LogP contribution < -0.4 is 10.1 Å². The average Bonchev–Trinajstić information content (AvgIpc) is 3.45. The molecule has 174 valence electrons. The topological polar surface area (TPSA) is 69.0 Å². The third-order valence-electron chi connectivity index (χ3n) is 6.35. The number of carbonyl (C=O) groups excluding carboxylic acids is 1. The van der Waals surface area contributed by atoms with Crippen molar-refractivity contribution in [2.45, 2.75) is 25.7 Å². The molecule has 1 aliphatic heterocycles. The number of hydrogen-bond donors (Lipinski definition) is 1. The molecule has 3 aromatic carbocycles. The molecule has 0 saturated carbocycles. The van der Waals surface area contributed by atoms with Gasteiger partial charge in [-0.05, 0) is 42.3 Å². The molecule has 1 amide bonds. The van der Waals surface area contributed by atoms with Gasteiger partial charge in [0.25, 0.3) is 0 Å². The lowest BCUT2D eigenvalue weighted by atomic mass is 9.86. The van der Waals surface area contributed by atoms with Crippen LogP contribution in [0.5, 0.6) is 5.75 Å². The van der Waals surface area contributed by atoms with E-state index in [-0.39, 0.29) is 11.8 Å². The highest BCUT2D eigenvalue weighted by atomic mass is 32.1. The maximum absolute atomic E-state index is 12.7. The SMILES string of the molecule is Cc1nn(-c2nc3ccccc3s2)c2c1[C@@H](c1ccc(OCCc3ccccc3)cc1)CC(=O)N2. The number of carbonyl (C=O) groups is 1. The largest absolute Gasteiger partial charge is 0.493 e. The van der Waals surface area contributed by atoms with E-state index >= 15 is 0 Å². The summed E-state index contributed by atoms with van der Waals surface area (Å²) in [5.74, 6) is 1.45. The number of rotatable bonds is 6. The Hall–Kier alpha value is -3.97. The summed E-state index contributed by atoms with van der Waals surface area (Å²) in [7, 11) is 0. The number of aromatic nitrogens is 3. The standard InChI is InChI=1S/C28H24N4O2S/c1-18-26-22(20-11-13-21(14-12-20)34-16-15-19-7-3-2-4-8-19)17-25(33)30-27(26)32(31-18)28-29-23-9-5-6-10-24(23)35-28/h2-14,22H,15-17H2,1H3,(H,30,33)/t22-/m1/s1. The van der Waals surface area contributed by atoms with Crippen molar-refractivity contribution in [3.05, 3.63) is 101 Å². The van der Waals surface area contributed by atoms with Crippen molar-refractivity contribution in [2.24, 2.45) is 0 Å². The van der Waals surface area contributed by atoms with Gasteiger partial charge in [-0.15, -0.1) is 0 Å². The Labute approximate surface area is 207 Å². The van der Waals surface area contributed by atoms with E-state index in [9.17, 15) is 4.79 Å². The maximum Gasteiger partial charge on any atom is 0.226 e. The Balaban J connectivity index is 1.26. The van der Waals surface area contributed by atoms with Crippen molar-refractivity contribution < 1.29 is 9.53 Å². The summed E-state index contributed by atoms with van der Waals surface area (Å²) in [6.45, 7) is 2.61. The van der Waals surface area contributed by atoms with Crippen LogP contribution in [0, 0.1) is 6.92 Å². The summed E-state index contributed by atoms with van der Waals surface area (Å²) in [5.41, 5.74) is 5.19. The van der Waals surface area contributed by atoms with Crippen LogP contribution in [0.25, 0.3) is 15.3 Å². The number of thiazole rings is 1. The zero-order valence-electron chi connectivity index (χ0n) is 19.3. The minimum atomic E-state index is -0.0692. The van der Waals surface area contributed by atoms with Gasteiger partial charge in [0.15, 0.2) is 0 Å². The Kier molecular flexibility index (Phi) is 5.54. The first-order chi connectivity index (χ1) is 17.2. The quantitative estimate of drug-likeness (QED) is 0.329. The van der Waals surface area contributed by atoms with Gasteiger partial charge in [-0.3, -0.25) is 4.79 Å². The van der Waals surface area contributed by atoms with Crippen LogP contribution in [0.4, 0.5) is 5.82 Å². The Morgan fingerprint density at radius 3 is 2.60 bits per heavy atom. The molecule has 0 spiro atoms. The molecule has 1 atom stereocenters. The second kappa shape index (κ2) is 9.00. The van der Waals surface area contributed by atoms with Gasteiger partial charge in [0.05, 0.1) is 22.5 Å². The fraction of sp³-hybridized carbons (Fsp3) is 0.179. The molecule has 6 rings (SSSR count). The summed E-state index contributed by atoms with van der Waals surface area (Å²) >= 11 is 1.56. The second-order valence-corrected chi connectivity index (χ2v) is 9.69. The van der Waals surface area contributed by atoms with Crippen molar-refractivity contribution in [3.8, 4) is 10.9 Å². The van der Waals surface area contributed by atoms with Gasteiger partial charge < -0.3 is 10.1 Å². The Morgan fingerprint density at radius 2 is 1.80 bits per heavy atom. The highest BCUT2D eigenvalue weighted by Crippen LogP contribution is 2.41. The first kappa shape index (κ1) is 21.6. The zero-order chi connectivity index (χ0) is 23.8. The van der Waals surface area contributed by atoms with Crippen LogP contribution in [-0.2, 0) is 11.2 Å². The third kappa shape index (κ3) is 4.19. The molecule has 0 bridgehead atoms. The predicted molar refractivity (Wildman–Crippen MR) is 139 cm³/mol. The van der Waals surface area contributed by atoms with Crippen molar-refractivity contribution >= 4 is 33.3 Å². The molecular formula is C28H24N4O2S. The summed E-state index contributed by atoms with van der Waals surface area (Å²) < 4.78 is 8.82. The van der Waals surface area contributed by atoms with Crippen molar-refractivity contribution in [2.75, 3.05) is 11.9 Å². The van der Waals surface area contributed by atoms with Crippen LogP contribution in [0.1, 0.15) is 34.7 Å². The molecule has 0 saturated heterocycles. The normalized spacial score (nSPS) is 15.1. The summed E-state index contributed by atoms with van der Waals surface area (Å²) in [4.78, 5) is 17.5. The first-order valence-electron chi connectivity index (χ1n) is 11.7. The van der Waals surface area contributed by atoms with Crippen LogP contribution in [0.15, 0.2) is 78.9 Å². The minimum absolute atomic E-state index is 0.0204. The van der Waals surface area contributed by atoms with Gasteiger partial charge in [0, 0.05) is 24.3 Å². The molecule has 1 aliphatic rings. The van der Waals surface area contributed by atoms with E-state index in [0.29, 0.717) is 18.8 Å². The lowest BCUT2D eigenvalue weighted by Gasteiger charge is -2.24. The number of benzene rings is 3. The van der Waals surface area contributed by atoms with E-state index in [4.69, 9.17) is 14.8 Å². The molecule has 0 aliphatic carbocycles. The Morgan fingerprint density at radius 1 is 1.03 bits per heavy atom. The number of nitrogens with zero attached hydrogens (tertiary/aromatic N) is 3. The molecule has 5 aromatic rings. The second-order valence-electron chi connectivity index (χ2n) is 8.68. The lowest BCUT2D eigenvalue weighted by molar-refractivity contribution is -0.116. The highest BCUT2D eigenvalue weighted by Gasteiger charge is 2.33. The lowest BCUT2D eigenvalue weighted by Crippen LogP contribution is -2.24. The third-order valence-corrected chi connectivity index (χ3v) is 7.36. The number of ether oxygens (including phenoxy) is 1. The molecule has 3 heterocycles. The minimum Gasteiger partial charge on any atom is -0.493 e. The molecule has 0 unspecified atom stereocenters. The average molecular weight is 481 g/mol. The van der Waals surface area contributed by atoms with Crippen LogP contribution >= 0.6 is 11.3 Å². The Bertz CT molecular complexity index is 1470. The smallest absolute Gasteiger partial charge is 0.226 e. The van der Waals surface area contributed by atoms with Gasteiger partial charge in [0.2, 0.25) is 11.0 Å². The van der Waals surface area contributed by atoms with Gasteiger partial charge in [-0.2, -0.15) is 9.78 Å². The summed E-state index contributed by atoms with van der Waals surface area (Å²) in [5, 5.41) is 8.58. The fourth-order valence-corrected chi connectivity index (χ4v) is 5.57. The predicted octanol–water partition coefficient (Wildman–Crippen LogP) is 5.89. The van der Waals surface area contributed by atoms with E-state index < -0.39 is 0 Å². The molecule has 2 aromatic heterocycles. The number of hydrogen-bond acceptors (Lipinski definition) is 5. The van der Waals surface area contributed by atoms with Gasteiger partial charge in [-0.1, -0.05) is 65.9 Å². The fourth-order valence-electron chi connectivity index (χ4n) is 4.65. The maximum atomic E-state index is 12.7. The molecule has 7 heteroatoms. The van der Waals surface area contributed by atoms with Gasteiger partial charge in [0.1, 0.15) is 11.6 Å². The van der Waals surface area contributed by atoms with Crippen LogP contribution in [0.2, 0.25) is 0 Å². The van der Waals surface area contributed by atoms with E-state index in [1.165, 1.54) is 5.56 Å². The molecular weight excluding hydrogens is 456 g/mol. The van der Waals surface area contributed by atoms with Crippen LogP contribution in [-0.4, -0.2) is 27.3 Å². The zero-order valence-corrected chi connectivity index (χ0v) is 20.1. The van der Waals surface area contributed by atoms with E-state index in [0.717, 1.165) is 44.3 Å². The highest BCUT2D eigenvalue weighted by molar-refractivity contribution is 7.20. The molecule has 1 N–H and O–H groups in total. The van der Waals surface area contributed by atoms with Crippen molar-refractivity contribution in [3.63, 3.8) is 0 Å². The van der Waals surface area contributed by atoms with Crippen LogP contribution in [0.3, 0.4) is 0 Å². The van der Waals surface area contributed by atoms with Crippen molar-refractivity contribution in [1.29, 1.82) is 0 Å². The number of anilines is 1. The number of amides is 1. The number of para-hydroxylation sites is 1.